The normalized spacial score (nSPS) is 21.6. The van der Waals surface area contributed by atoms with Crippen LogP contribution < -0.4 is 5.73 Å². The minimum Gasteiger partial charge on any atom is -0.345 e. The Hall–Kier alpha value is -1.35. The van der Waals surface area contributed by atoms with Crippen LogP contribution in [-0.2, 0) is 4.79 Å². The lowest BCUT2D eigenvalue weighted by atomic mass is 9.93. The molecule has 1 aromatic rings. The second-order valence-electron chi connectivity index (χ2n) is 6.87. The average Bonchev–Trinajstić information content (AvgIpc) is 3.18. The number of hydrogen-bond donors (Lipinski definition) is 1. The molecular weight excluding hydrogens is 248 g/mol. The summed E-state index contributed by atoms with van der Waals surface area (Å²) in [6.07, 6.45) is 0.983. The van der Waals surface area contributed by atoms with E-state index in [2.05, 4.69) is 39.0 Å². The molecule has 2 N–H and O–H groups in total. The topological polar surface area (TPSA) is 46.3 Å². The maximum Gasteiger partial charge on any atom is 0.226 e. The van der Waals surface area contributed by atoms with Crippen LogP contribution in [0.1, 0.15) is 37.3 Å². The number of rotatable bonds is 5. The van der Waals surface area contributed by atoms with Crippen molar-refractivity contribution in [3.63, 3.8) is 0 Å². The van der Waals surface area contributed by atoms with Crippen LogP contribution in [0, 0.1) is 18.3 Å². The van der Waals surface area contributed by atoms with Crippen LogP contribution in [0.15, 0.2) is 24.3 Å². The van der Waals surface area contributed by atoms with Crippen LogP contribution in [0.4, 0.5) is 0 Å². The fraction of sp³-hybridized carbons (Fsp3) is 0.588. The molecule has 1 aromatic carbocycles. The van der Waals surface area contributed by atoms with Crippen molar-refractivity contribution in [2.45, 2.75) is 33.1 Å². The van der Waals surface area contributed by atoms with Crippen molar-refractivity contribution in [3.8, 4) is 0 Å². The Bertz CT molecular complexity index is 496. The number of amides is 1. The van der Waals surface area contributed by atoms with Crippen molar-refractivity contribution in [3.05, 3.63) is 35.4 Å². The Balaban J connectivity index is 1.98. The summed E-state index contributed by atoms with van der Waals surface area (Å²) >= 11 is 0. The molecule has 2 atom stereocenters. The smallest absolute Gasteiger partial charge is 0.226 e. The maximum atomic E-state index is 12.5. The highest BCUT2D eigenvalue weighted by Crippen LogP contribution is 2.49. The molecule has 2 unspecified atom stereocenters. The molecule has 0 aliphatic heterocycles. The lowest BCUT2D eigenvalue weighted by Gasteiger charge is -2.29. The van der Waals surface area contributed by atoms with Crippen molar-refractivity contribution >= 4 is 5.91 Å². The molecule has 1 aliphatic rings. The summed E-state index contributed by atoms with van der Waals surface area (Å²) in [5, 5.41) is 0. The van der Waals surface area contributed by atoms with Gasteiger partial charge in [-0.1, -0.05) is 38.1 Å². The second-order valence-corrected chi connectivity index (χ2v) is 6.87. The molecule has 0 spiro atoms. The van der Waals surface area contributed by atoms with Gasteiger partial charge in [-0.15, -0.1) is 0 Å². The first-order valence-electron chi connectivity index (χ1n) is 7.36. The molecule has 1 saturated carbocycles. The van der Waals surface area contributed by atoms with E-state index in [4.69, 9.17) is 5.73 Å². The molecule has 1 aliphatic carbocycles. The zero-order valence-corrected chi connectivity index (χ0v) is 13.0. The zero-order chi connectivity index (χ0) is 14.9. The van der Waals surface area contributed by atoms with Gasteiger partial charge >= 0.3 is 0 Å². The molecule has 3 heteroatoms. The molecule has 0 radical (unpaired) electrons. The number of carbonyl (C=O) groups is 1. The van der Waals surface area contributed by atoms with Crippen LogP contribution in [0.25, 0.3) is 0 Å². The van der Waals surface area contributed by atoms with Gasteiger partial charge in [0.25, 0.3) is 0 Å². The third-order valence-electron chi connectivity index (χ3n) is 4.29. The lowest BCUT2D eigenvalue weighted by molar-refractivity contribution is -0.132. The Labute approximate surface area is 122 Å². The van der Waals surface area contributed by atoms with E-state index in [1.54, 1.807) is 0 Å². The summed E-state index contributed by atoms with van der Waals surface area (Å²) in [6, 6.07) is 8.38. The number of hydrogen-bond acceptors (Lipinski definition) is 2. The van der Waals surface area contributed by atoms with Crippen LogP contribution in [0.3, 0.4) is 0 Å². The Morgan fingerprint density at radius 2 is 2.05 bits per heavy atom. The average molecular weight is 274 g/mol. The van der Waals surface area contributed by atoms with Gasteiger partial charge in [0.15, 0.2) is 0 Å². The molecular formula is C17H26N2O. The number of benzene rings is 1. The van der Waals surface area contributed by atoms with Crippen molar-refractivity contribution in [2.24, 2.45) is 17.1 Å². The summed E-state index contributed by atoms with van der Waals surface area (Å²) in [4.78, 5) is 14.3. The predicted octanol–water partition coefficient (Wildman–Crippen LogP) is 2.54. The molecule has 3 nitrogen and oxygen atoms in total. The Morgan fingerprint density at radius 1 is 1.40 bits per heavy atom. The molecule has 20 heavy (non-hydrogen) atoms. The first-order valence-corrected chi connectivity index (χ1v) is 7.36. The van der Waals surface area contributed by atoms with Gasteiger partial charge in [-0.3, -0.25) is 4.79 Å². The van der Waals surface area contributed by atoms with E-state index in [-0.39, 0.29) is 17.2 Å². The van der Waals surface area contributed by atoms with Crippen molar-refractivity contribution in [1.29, 1.82) is 0 Å². The summed E-state index contributed by atoms with van der Waals surface area (Å²) < 4.78 is 0. The fourth-order valence-corrected chi connectivity index (χ4v) is 2.88. The molecule has 1 fully saturated rings. The van der Waals surface area contributed by atoms with E-state index in [0.29, 0.717) is 12.5 Å². The molecule has 0 heterocycles. The lowest BCUT2D eigenvalue weighted by Crippen LogP contribution is -2.40. The highest BCUT2D eigenvalue weighted by atomic mass is 16.2. The minimum absolute atomic E-state index is 0.0164. The van der Waals surface area contributed by atoms with Gasteiger partial charge in [0.1, 0.15) is 0 Å². The van der Waals surface area contributed by atoms with Crippen molar-refractivity contribution in [2.75, 3.05) is 20.1 Å². The first-order chi connectivity index (χ1) is 9.35. The number of aryl methyl sites for hydroxylation is 1. The maximum absolute atomic E-state index is 12.5. The largest absolute Gasteiger partial charge is 0.345 e. The third-order valence-corrected chi connectivity index (χ3v) is 4.29. The number of carbonyl (C=O) groups excluding carboxylic acids is 1. The summed E-state index contributed by atoms with van der Waals surface area (Å²) in [6.45, 7) is 7.64. The molecule has 1 amide bonds. The highest BCUT2D eigenvalue weighted by molar-refractivity contribution is 5.83. The van der Waals surface area contributed by atoms with E-state index in [9.17, 15) is 4.79 Å². The molecule has 2 rings (SSSR count). The number of nitrogens with zero attached hydrogens (tertiary/aromatic N) is 1. The van der Waals surface area contributed by atoms with Crippen LogP contribution in [0.5, 0.6) is 0 Å². The monoisotopic (exact) mass is 274 g/mol. The Morgan fingerprint density at radius 3 is 2.65 bits per heavy atom. The van der Waals surface area contributed by atoms with Gasteiger partial charge in [-0.25, -0.2) is 0 Å². The van der Waals surface area contributed by atoms with E-state index in [1.165, 1.54) is 11.1 Å². The van der Waals surface area contributed by atoms with Gasteiger partial charge < -0.3 is 10.6 Å². The molecule has 110 valence electrons. The van der Waals surface area contributed by atoms with E-state index in [0.717, 1.165) is 13.0 Å². The zero-order valence-electron chi connectivity index (χ0n) is 13.0. The van der Waals surface area contributed by atoms with Gasteiger partial charge in [0.05, 0.1) is 0 Å². The minimum atomic E-state index is -0.0164. The highest BCUT2D eigenvalue weighted by Gasteiger charge is 2.46. The van der Waals surface area contributed by atoms with E-state index in [1.807, 2.05) is 18.0 Å². The summed E-state index contributed by atoms with van der Waals surface area (Å²) in [7, 11) is 1.90. The summed E-state index contributed by atoms with van der Waals surface area (Å²) in [5.74, 6) is 0.835. The SMILES string of the molecule is Cc1ccccc1C1CC1C(=O)N(C)CC(C)(C)CN. The van der Waals surface area contributed by atoms with Crippen molar-refractivity contribution in [1.82, 2.24) is 4.90 Å². The fourth-order valence-electron chi connectivity index (χ4n) is 2.88. The molecule has 0 bridgehead atoms. The van der Waals surface area contributed by atoms with Gasteiger partial charge in [-0.05, 0) is 42.3 Å². The Kier molecular flexibility index (Phi) is 4.19. The third kappa shape index (κ3) is 3.21. The first kappa shape index (κ1) is 15.0. The number of nitrogens with two attached hydrogens (primary N) is 1. The molecule has 0 aromatic heterocycles. The second kappa shape index (κ2) is 5.57. The van der Waals surface area contributed by atoms with Crippen LogP contribution in [-0.4, -0.2) is 30.9 Å². The molecule has 0 saturated heterocycles. The van der Waals surface area contributed by atoms with E-state index >= 15 is 0 Å². The predicted molar refractivity (Wildman–Crippen MR) is 82.5 cm³/mol. The van der Waals surface area contributed by atoms with Crippen molar-refractivity contribution < 1.29 is 4.79 Å². The van der Waals surface area contributed by atoms with Crippen LogP contribution in [0.2, 0.25) is 0 Å². The van der Waals surface area contributed by atoms with Gasteiger partial charge in [-0.2, -0.15) is 0 Å². The van der Waals surface area contributed by atoms with Crippen LogP contribution >= 0.6 is 0 Å². The van der Waals surface area contributed by atoms with Gasteiger partial charge in [0.2, 0.25) is 5.91 Å². The van der Waals surface area contributed by atoms with Gasteiger partial charge in [0, 0.05) is 19.5 Å². The quantitative estimate of drug-likeness (QED) is 0.897. The standard InChI is InChI=1S/C17H26N2O/c1-12-7-5-6-8-13(12)14-9-15(14)16(20)19(4)11-17(2,3)10-18/h5-8,14-15H,9-11,18H2,1-4H3. The van der Waals surface area contributed by atoms with E-state index < -0.39 is 0 Å². The summed E-state index contributed by atoms with van der Waals surface area (Å²) in [5.41, 5.74) is 8.35.